The fraction of sp³-hybridized carbons (Fsp3) is 0.318. The molecule has 2 N–H and O–H groups in total. The number of halogens is 3. The van der Waals surface area contributed by atoms with E-state index in [1.807, 2.05) is 20.8 Å². The fourth-order valence-corrected chi connectivity index (χ4v) is 3.27. The van der Waals surface area contributed by atoms with Crippen LogP contribution in [0.15, 0.2) is 39.9 Å². The molecule has 2 rings (SSSR count). The van der Waals surface area contributed by atoms with Crippen LogP contribution in [0.2, 0.25) is 5.02 Å². The van der Waals surface area contributed by atoms with Gasteiger partial charge in [-0.15, -0.1) is 0 Å². The number of ether oxygens (including phenoxy) is 2. The highest BCUT2D eigenvalue weighted by molar-refractivity contribution is 9.10. The number of carbonyl (C=O) groups is 2. The quantitative estimate of drug-likeness (QED) is 0.286. The summed E-state index contributed by atoms with van der Waals surface area (Å²) in [5, 5.41) is 6.57. The number of nitrogens with one attached hydrogen (secondary N) is 2. The second-order valence-corrected chi connectivity index (χ2v) is 8.32. The molecule has 0 aromatic heterocycles. The molecule has 0 aliphatic heterocycles. The molecule has 2 amide bonds. The zero-order valence-electron chi connectivity index (χ0n) is 17.9. The Morgan fingerprint density at radius 2 is 2.00 bits per heavy atom. The van der Waals surface area contributed by atoms with E-state index in [-0.39, 0.29) is 23.1 Å². The zero-order valence-corrected chi connectivity index (χ0v) is 20.2. The Hall–Kier alpha value is -2.65. The third-order valence-corrected chi connectivity index (χ3v) is 4.95. The maximum absolute atomic E-state index is 14.0. The molecule has 0 unspecified atom stereocenters. The Bertz CT molecular complexity index is 981. The van der Waals surface area contributed by atoms with Gasteiger partial charge in [-0.1, -0.05) is 31.5 Å². The van der Waals surface area contributed by atoms with Crippen molar-refractivity contribution in [3.8, 4) is 11.5 Å². The van der Waals surface area contributed by atoms with Crippen LogP contribution in [0.25, 0.3) is 0 Å². The molecule has 0 saturated heterocycles. The number of nitrogens with zero attached hydrogens (tertiary/aromatic N) is 1. The molecule has 0 aliphatic rings. The molecular weight excluding hydrogens is 505 g/mol. The van der Waals surface area contributed by atoms with Gasteiger partial charge >= 0.3 is 11.8 Å². The number of hydrazone groups is 1. The Morgan fingerprint density at radius 1 is 1.25 bits per heavy atom. The lowest BCUT2D eigenvalue weighted by Crippen LogP contribution is -2.39. The first-order valence-corrected chi connectivity index (χ1v) is 11.0. The molecule has 10 heteroatoms. The molecule has 0 spiro atoms. The maximum atomic E-state index is 14.0. The van der Waals surface area contributed by atoms with Crippen LogP contribution in [0.1, 0.15) is 31.9 Å². The highest BCUT2D eigenvalue weighted by Gasteiger charge is 2.15. The molecule has 0 saturated carbocycles. The summed E-state index contributed by atoms with van der Waals surface area (Å²) in [6.07, 6.45) is 1.36. The maximum Gasteiger partial charge on any atom is 0.329 e. The average Bonchev–Trinajstić information content (AvgIpc) is 2.73. The standard InChI is InChI=1S/C22H24BrClFN3O4/c1-4-31-19-9-14(11-27-28-22(30)21(29)26-10-13(2)3)8-16(23)20(19)32-12-15-17(24)6-5-7-18(15)25/h5-9,11,13H,4,10,12H2,1-3H3,(H,26,29)(H,28,30)/b27-11-. The predicted molar refractivity (Wildman–Crippen MR) is 125 cm³/mol. The number of benzene rings is 2. The van der Waals surface area contributed by atoms with Gasteiger partial charge in [-0.2, -0.15) is 5.10 Å². The summed E-state index contributed by atoms with van der Waals surface area (Å²) in [7, 11) is 0. The van der Waals surface area contributed by atoms with Gasteiger partial charge in [-0.3, -0.25) is 9.59 Å². The van der Waals surface area contributed by atoms with Crippen LogP contribution in [0.3, 0.4) is 0 Å². The number of hydrogen-bond donors (Lipinski definition) is 2. The Balaban J connectivity index is 2.12. The summed E-state index contributed by atoms with van der Waals surface area (Å²) < 4.78 is 26.0. The van der Waals surface area contributed by atoms with E-state index < -0.39 is 17.6 Å². The van der Waals surface area contributed by atoms with Crippen LogP contribution >= 0.6 is 27.5 Å². The Labute approximate surface area is 199 Å². The molecular formula is C22H24BrClFN3O4. The van der Waals surface area contributed by atoms with Crippen LogP contribution in [0, 0.1) is 11.7 Å². The van der Waals surface area contributed by atoms with E-state index in [0.29, 0.717) is 34.7 Å². The summed E-state index contributed by atoms with van der Waals surface area (Å²) in [5.74, 6) is -1.13. The molecule has 172 valence electrons. The SMILES string of the molecule is CCOc1cc(/C=N\NC(=O)C(=O)NCC(C)C)cc(Br)c1OCc1c(F)cccc1Cl. The van der Waals surface area contributed by atoms with Gasteiger partial charge in [0.05, 0.1) is 22.3 Å². The normalized spacial score (nSPS) is 11.0. The molecule has 0 aliphatic carbocycles. The van der Waals surface area contributed by atoms with Gasteiger partial charge in [0.25, 0.3) is 0 Å². The van der Waals surface area contributed by atoms with E-state index in [9.17, 15) is 14.0 Å². The molecule has 0 radical (unpaired) electrons. The third kappa shape index (κ3) is 7.49. The van der Waals surface area contributed by atoms with Crippen molar-refractivity contribution in [2.24, 2.45) is 11.0 Å². The molecule has 0 fully saturated rings. The second-order valence-electron chi connectivity index (χ2n) is 7.05. The molecule has 0 heterocycles. The van der Waals surface area contributed by atoms with Crippen molar-refractivity contribution in [1.29, 1.82) is 0 Å². The monoisotopic (exact) mass is 527 g/mol. The average molecular weight is 529 g/mol. The summed E-state index contributed by atoms with van der Waals surface area (Å²) >= 11 is 9.47. The van der Waals surface area contributed by atoms with Crippen molar-refractivity contribution >= 4 is 45.6 Å². The van der Waals surface area contributed by atoms with Gasteiger partial charge < -0.3 is 14.8 Å². The lowest BCUT2D eigenvalue weighted by Gasteiger charge is -2.15. The van der Waals surface area contributed by atoms with Crippen molar-refractivity contribution in [3.05, 3.63) is 56.8 Å². The smallest absolute Gasteiger partial charge is 0.329 e. The molecule has 2 aromatic rings. The zero-order chi connectivity index (χ0) is 23.7. The lowest BCUT2D eigenvalue weighted by molar-refractivity contribution is -0.139. The first-order chi connectivity index (χ1) is 15.2. The first-order valence-electron chi connectivity index (χ1n) is 9.86. The van der Waals surface area contributed by atoms with Crippen molar-refractivity contribution in [2.45, 2.75) is 27.4 Å². The molecule has 32 heavy (non-hydrogen) atoms. The van der Waals surface area contributed by atoms with Gasteiger partial charge in [-0.25, -0.2) is 9.82 Å². The second kappa shape index (κ2) is 12.4. The lowest BCUT2D eigenvalue weighted by atomic mass is 10.2. The van der Waals surface area contributed by atoms with Crippen molar-refractivity contribution in [3.63, 3.8) is 0 Å². The van der Waals surface area contributed by atoms with Crippen LogP contribution < -0.4 is 20.2 Å². The molecule has 0 bridgehead atoms. The Kier molecular flexibility index (Phi) is 9.93. The first kappa shape index (κ1) is 25.6. The van der Waals surface area contributed by atoms with E-state index in [4.69, 9.17) is 21.1 Å². The molecule has 7 nitrogen and oxygen atoms in total. The van der Waals surface area contributed by atoms with E-state index in [0.717, 1.165) is 0 Å². The number of hydrogen-bond acceptors (Lipinski definition) is 5. The largest absolute Gasteiger partial charge is 0.490 e. The van der Waals surface area contributed by atoms with Gasteiger partial charge in [-0.05, 0) is 58.6 Å². The van der Waals surface area contributed by atoms with Crippen molar-refractivity contribution in [1.82, 2.24) is 10.7 Å². The predicted octanol–water partition coefficient (Wildman–Crippen LogP) is 4.44. The van der Waals surface area contributed by atoms with Gasteiger partial charge in [0.2, 0.25) is 0 Å². The minimum absolute atomic E-state index is 0.0981. The van der Waals surface area contributed by atoms with Crippen LogP contribution in [0.4, 0.5) is 4.39 Å². The fourth-order valence-electron chi connectivity index (χ4n) is 2.47. The summed E-state index contributed by atoms with van der Waals surface area (Å²) in [5.41, 5.74) is 2.97. The van der Waals surface area contributed by atoms with Crippen LogP contribution in [-0.4, -0.2) is 31.2 Å². The van der Waals surface area contributed by atoms with Gasteiger partial charge in [0, 0.05) is 12.1 Å². The van der Waals surface area contributed by atoms with Gasteiger partial charge in [0.1, 0.15) is 12.4 Å². The van der Waals surface area contributed by atoms with Gasteiger partial charge in [0.15, 0.2) is 11.5 Å². The third-order valence-electron chi connectivity index (χ3n) is 4.01. The minimum Gasteiger partial charge on any atom is -0.490 e. The van der Waals surface area contributed by atoms with Crippen molar-refractivity contribution < 1.29 is 23.5 Å². The van der Waals surface area contributed by atoms with E-state index in [2.05, 4.69) is 31.8 Å². The number of rotatable bonds is 9. The number of amides is 2. The highest BCUT2D eigenvalue weighted by Crippen LogP contribution is 2.37. The summed E-state index contributed by atoms with van der Waals surface area (Å²) in [4.78, 5) is 23.5. The molecule has 0 atom stereocenters. The highest BCUT2D eigenvalue weighted by atomic mass is 79.9. The summed E-state index contributed by atoms with van der Waals surface area (Å²) in [6.45, 7) is 6.29. The topological polar surface area (TPSA) is 89.0 Å². The van der Waals surface area contributed by atoms with Crippen molar-refractivity contribution in [2.75, 3.05) is 13.2 Å². The van der Waals surface area contributed by atoms with Crippen LogP contribution in [-0.2, 0) is 16.2 Å². The number of carbonyl (C=O) groups excluding carboxylic acids is 2. The van der Waals surface area contributed by atoms with E-state index in [1.54, 1.807) is 18.2 Å². The molecule has 2 aromatic carbocycles. The van der Waals surface area contributed by atoms with E-state index >= 15 is 0 Å². The minimum atomic E-state index is -0.868. The van der Waals surface area contributed by atoms with Crippen LogP contribution in [0.5, 0.6) is 11.5 Å². The summed E-state index contributed by atoms with van der Waals surface area (Å²) in [6, 6.07) is 7.72. The van der Waals surface area contributed by atoms with E-state index in [1.165, 1.54) is 18.3 Å². The Morgan fingerprint density at radius 3 is 2.66 bits per heavy atom.